The number of hydrogen-bond acceptors (Lipinski definition) is 3. The molecule has 1 aliphatic heterocycles. The van der Waals surface area contributed by atoms with Crippen molar-refractivity contribution in [3.63, 3.8) is 0 Å². The first-order valence-corrected chi connectivity index (χ1v) is 8.92. The Hall–Kier alpha value is -2.08. The highest BCUT2D eigenvalue weighted by molar-refractivity contribution is 6.31. The second kappa shape index (κ2) is 7.44. The van der Waals surface area contributed by atoms with Crippen LogP contribution in [0.15, 0.2) is 24.3 Å². The molecule has 1 saturated heterocycles. The molecule has 25 heavy (non-hydrogen) atoms. The van der Waals surface area contributed by atoms with E-state index in [1.807, 2.05) is 0 Å². The van der Waals surface area contributed by atoms with Gasteiger partial charge in [0.1, 0.15) is 6.04 Å². The van der Waals surface area contributed by atoms with Gasteiger partial charge in [0.15, 0.2) is 0 Å². The third kappa shape index (κ3) is 3.63. The van der Waals surface area contributed by atoms with Crippen LogP contribution in [-0.2, 0) is 14.4 Å². The molecular formula is C18H21ClN2O4. The van der Waals surface area contributed by atoms with E-state index in [9.17, 15) is 19.5 Å². The van der Waals surface area contributed by atoms with Crippen LogP contribution in [0.5, 0.6) is 0 Å². The average molecular weight is 365 g/mol. The number of aliphatic carboxylic acids is 1. The normalized spacial score (nSPS) is 26.8. The lowest BCUT2D eigenvalue weighted by Gasteiger charge is -2.39. The van der Waals surface area contributed by atoms with Gasteiger partial charge in [-0.3, -0.25) is 14.4 Å². The summed E-state index contributed by atoms with van der Waals surface area (Å²) in [6.07, 6.45) is 2.31. The van der Waals surface area contributed by atoms with E-state index < -0.39 is 17.9 Å². The number of nitrogens with one attached hydrogen (secondary N) is 1. The fourth-order valence-corrected chi connectivity index (χ4v) is 4.02. The van der Waals surface area contributed by atoms with Crippen LogP contribution in [0.3, 0.4) is 0 Å². The van der Waals surface area contributed by atoms with Gasteiger partial charge in [-0.2, -0.15) is 0 Å². The molecule has 1 aliphatic carbocycles. The van der Waals surface area contributed by atoms with E-state index in [4.69, 9.17) is 11.6 Å². The monoisotopic (exact) mass is 364 g/mol. The Labute approximate surface area is 151 Å². The van der Waals surface area contributed by atoms with Crippen LogP contribution in [0.1, 0.15) is 37.3 Å². The number of rotatable bonds is 3. The molecule has 2 amide bonds. The molecule has 0 bridgehead atoms. The summed E-state index contributed by atoms with van der Waals surface area (Å²) in [7, 11) is 0. The van der Waals surface area contributed by atoms with Gasteiger partial charge >= 0.3 is 5.97 Å². The van der Waals surface area contributed by atoms with Crippen molar-refractivity contribution in [3.05, 3.63) is 34.9 Å². The molecule has 3 rings (SSSR count). The van der Waals surface area contributed by atoms with Crippen LogP contribution >= 0.6 is 11.6 Å². The van der Waals surface area contributed by atoms with E-state index in [0.717, 1.165) is 0 Å². The molecule has 1 aromatic carbocycles. The number of benzene rings is 1. The summed E-state index contributed by atoms with van der Waals surface area (Å²) in [6.45, 7) is 0.787. The van der Waals surface area contributed by atoms with Gasteiger partial charge in [-0.15, -0.1) is 0 Å². The van der Waals surface area contributed by atoms with Crippen LogP contribution in [0.2, 0.25) is 5.02 Å². The molecule has 0 radical (unpaired) electrons. The first kappa shape index (κ1) is 17.7. The van der Waals surface area contributed by atoms with Crippen molar-refractivity contribution in [2.45, 2.75) is 31.7 Å². The molecule has 7 heteroatoms. The van der Waals surface area contributed by atoms with Crippen LogP contribution in [0, 0.1) is 11.8 Å². The van der Waals surface area contributed by atoms with E-state index in [1.165, 1.54) is 0 Å². The highest BCUT2D eigenvalue weighted by Crippen LogP contribution is 2.35. The smallest absolute Gasteiger partial charge is 0.306 e. The van der Waals surface area contributed by atoms with Gasteiger partial charge in [-0.05, 0) is 25.3 Å². The minimum absolute atomic E-state index is 0.147. The molecular weight excluding hydrogens is 344 g/mol. The Morgan fingerprint density at radius 2 is 1.92 bits per heavy atom. The SMILES string of the molecule is O=C(O)C1CCCC(C(=O)N2CCNC(=O)C2c2ccccc2Cl)C1. The zero-order valence-electron chi connectivity index (χ0n) is 13.8. The highest BCUT2D eigenvalue weighted by Gasteiger charge is 2.40. The van der Waals surface area contributed by atoms with Gasteiger partial charge in [-0.25, -0.2) is 0 Å². The van der Waals surface area contributed by atoms with Crippen LogP contribution < -0.4 is 5.32 Å². The summed E-state index contributed by atoms with van der Waals surface area (Å²) >= 11 is 6.25. The fraction of sp³-hybridized carbons (Fsp3) is 0.500. The number of carboxylic acid groups (broad SMARTS) is 1. The van der Waals surface area contributed by atoms with Crippen LogP contribution in [0.4, 0.5) is 0 Å². The van der Waals surface area contributed by atoms with Crippen LogP contribution in [0.25, 0.3) is 0 Å². The molecule has 3 atom stereocenters. The molecule has 1 aromatic rings. The second-order valence-electron chi connectivity index (χ2n) is 6.65. The summed E-state index contributed by atoms with van der Waals surface area (Å²) in [6, 6.07) is 6.24. The number of hydrogen-bond donors (Lipinski definition) is 2. The number of piperazine rings is 1. The summed E-state index contributed by atoms with van der Waals surface area (Å²) in [5.74, 6) is -2.09. The zero-order valence-corrected chi connectivity index (χ0v) is 14.5. The Morgan fingerprint density at radius 1 is 1.20 bits per heavy atom. The maximum Gasteiger partial charge on any atom is 0.306 e. The lowest BCUT2D eigenvalue weighted by molar-refractivity contribution is -0.150. The molecule has 0 spiro atoms. The van der Waals surface area contributed by atoms with Crippen molar-refractivity contribution < 1.29 is 19.5 Å². The quantitative estimate of drug-likeness (QED) is 0.861. The lowest BCUT2D eigenvalue weighted by atomic mass is 9.80. The topological polar surface area (TPSA) is 86.7 Å². The minimum atomic E-state index is -0.850. The number of carbonyl (C=O) groups excluding carboxylic acids is 2. The molecule has 1 heterocycles. The number of amides is 2. The maximum absolute atomic E-state index is 13.1. The molecule has 2 aliphatic rings. The van der Waals surface area contributed by atoms with E-state index in [-0.39, 0.29) is 17.7 Å². The summed E-state index contributed by atoms with van der Waals surface area (Å²) in [5, 5.41) is 12.5. The largest absolute Gasteiger partial charge is 0.481 e. The van der Waals surface area contributed by atoms with E-state index in [0.29, 0.717) is 49.4 Å². The van der Waals surface area contributed by atoms with Crippen molar-refractivity contribution in [2.75, 3.05) is 13.1 Å². The number of halogens is 1. The molecule has 2 fully saturated rings. The Bertz CT molecular complexity index is 693. The average Bonchev–Trinajstić information content (AvgIpc) is 2.62. The first-order valence-electron chi connectivity index (χ1n) is 8.54. The number of nitrogens with zero attached hydrogens (tertiary/aromatic N) is 1. The second-order valence-corrected chi connectivity index (χ2v) is 7.05. The standard InChI is InChI=1S/C18H21ClN2O4/c19-14-7-2-1-6-13(14)15-16(22)20-8-9-21(15)17(23)11-4-3-5-12(10-11)18(24)25/h1-2,6-7,11-12,15H,3-5,8-10H2,(H,20,22)(H,24,25). The summed E-state index contributed by atoms with van der Waals surface area (Å²) < 4.78 is 0. The van der Waals surface area contributed by atoms with Crippen molar-refractivity contribution in [2.24, 2.45) is 11.8 Å². The van der Waals surface area contributed by atoms with Crippen molar-refractivity contribution in [1.29, 1.82) is 0 Å². The minimum Gasteiger partial charge on any atom is -0.481 e. The lowest BCUT2D eigenvalue weighted by Crippen LogP contribution is -2.54. The first-order chi connectivity index (χ1) is 12.0. The van der Waals surface area contributed by atoms with Crippen molar-refractivity contribution >= 4 is 29.4 Å². The van der Waals surface area contributed by atoms with E-state index in [2.05, 4.69) is 5.32 Å². The van der Waals surface area contributed by atoms with Gasteiger partial charge in [0.05, 0.1) is 5.92 Å². The molecule has 134 valence electrons. The van der Waals surface area contributed by atoms with Gasteiger partial charge < -0.3 is 15.3 Å². The van der Waals surface area contributed by atoms with Crippen molar-refractivity contribution in [1.82, 2.24) is 10.2 Å². The van der Waals surface area contributed by atoms with Crippen molar-refractivity contribution in [3.8, 4) is 0 Å². The summed E-state index contributed by atoms with van der Waals surface area (Å²) in [5.41, 5.74) is 0.598. The third-order valence-corrected chi connectivity index (χ3v) is 5.41. The predicted octanol–water partition coefficient (Wildman–Crippen LogP) is 2.23. The Balaban J connectivity index is 1.85. The third-order valence-electron chi connectivity index (χ3n) is 5.07. The Kier molecular flexibility index (Phi) is 5.27. The number of carbonyl (C=O) groups is 3. The van der Waals surface area contributed by atoms with Gasteiger partial charge in [0.2, 0.25) is 11.8 Å². The number of carboxylic acids is 1. The fourth-order valence-electron chi connectivity index (χ4n) is 3.78. The molecule has 2 N–H and O–H groups in total. The van der Waals surface area contributed by atoms with Gasteiger partial charge in [0, 0.05) is 29.6 Å². The zero-order chi connectivity index (χ0) is 18.0. The van der Waals surface area contributed by atoms with Gasteiger partial charge in [-0.1, -0.05) is 36.2 Å². The van der Waals surface area contributed by atoms with E-state index in [1.54, 1.807) is 29.2 Å². The van der Waals surface area contributed by atoms with E-state index >= 15 is 0 Å². The van der Waals surface area contributed by atoms with Crippen LogP contribution in [-0.4, -0.2) is 40.9 Å². The van der Waals surface area contributed by atoms with Gasteiger partial charge in [0.25, 0.3) is 0 Å². The maximum atomic E-state index is 13.1. The molecule has 1 saturated carbocycles. The molecule has 6 nitrogen and oxygen atoms in total. The Morgan fingerprint density at radius 3 is 2.64 bits per heavy atom. The molecule has 3 unspecified atom stereocenters. The molecule has 0 aromatic heterocycles. The predicted molar refractivity (Wildman–Crippen MR) is 92.0 cm³/mol. The highest BCUT2D eigenvalue weighted by atomic mass is 35.5. The summed E-state index contributed by atoms with van der Waals surface area (Å²) in [4.78, 5) is 38.4.